The number of benzene rings is 1. The molecule has 110 valence electrons. The molecule has 0 saturated carbocycles. The van der Waals surface area contributed by atoms with E-state index in [9.17, 15) is 9.59 Å². The molecule has 0 fully saturated rings. The second-order valence-electron chi connectivity index (χ2n) is 4.35. The Kier molecular flexibility index (Phi) is 6.10. The molecule has 7 heteroatoms. The van der Waals surface area contributed by atoms with Crippen molar-refractivity contribution in [3.63, 3.8) is 0 Å². The molecule has 1 aromatic carbocycles. The van der Waals surface area contributed by atoms with E-state index >= 15 is 0 Å². The predicted octanol–water partition coefficient (Wildman–Crippen LogP) is 2.22. The molecule has 0 aliphatic rings. The summed E-state index contributed by atoms with van der Waals surface area (Å²) in [6.45, 7) is 4.09. The average Bonchev–Trinajstić information content (AvgIpc) is 2.39. The largest absolute Gasteiger partial charge is 0.399 e. The third kappa shape index (κ3) is 4.28. The Labute approximate surface area is 127 Å². The van der Waals surface area contributed by atoms with E-state index in [-0.39, 0.29) is 21.5 Å². The first-order valence-corrected chi connectivity index (χ1v) is 6.95. The number of carbonyl (C=O) groups excluding carboxylic acids is 2. The van der Waals surface area contributed by atoms with Crippen molar-refractivity contribution in [1.29, 1.82) is 0 Å². The topological polar surface area (TPSA) is 84.2 Å². The van der Waals surface area contributed by atoms with Crippen molar-refractivity contribution < 1.29 is 9.59 Å². The van der Waals surface area contributed by atoms with E-state index in [0.29, 0.717) is 12.2 Å². The Morgan fingerprint density at radius 2 is 2.00 bits per heavy atom. The van der Waals surface area contributed by atoms with Crippen LogP contribution in [0.15, 0.2) is 12.1 Å². The van der Waals surface area contributed by atoms with Gasteiger partial charge in [0, 0.05) is 12.2 Å². The lowest BCUT2D eigenvalue weighted by atomic mass is 10.1. The smallest absolute Gasteiger partial charge is 0.253 e. The fraction of sp³-hybridized carbons (Fsp3) is 0.385. The lowest BCUT2D eigenvalue weighted by molar-refractivity contribution is -0.122. The number of nitrogens with two attached hydrogens (primary N) is 1. The van der Waals surface area contributed by atoms with Crippen molar-refractivity contribution in [2.45, 2.75) is 26.3 Å². The monoisotopic (exact) mass is 317 g/mol. The van der Waals surface area contributed by atoms with Gasteiger partial charge in [-0.3, -0.25) is 9.59 Å². The number of halogens is 2. The Morgan fingerprint density at radius 1 is 1.35 bits per heavy atom. The van der Waals surface area contributed by atoms with Gasteiger partial charge in [-0.2, -0.15) is 0 Å². The van der Waals surface area contributed by atoms with Gasteiger partial charge in [-0.15, -0.1) is 0 Å². The van der Waals surface area contributed by atoms with E-state index in [0.717, 1.165) is 6.42 Å². The molecule has 0 heterocycles. The Morgan fingerprint density at radius 3 is 2.60 bits per heavy atom. The number of hydrogen-bond donors (Lipinski definition) is 3. The minimum absolute atomic E-state index is 0.111. The first-order chi connectivity index (χ1) is 9.36. The van der Waals surface area contributed by atoms with Gasteiger partial charge >= 0.3 is 0 Å². The number of anilines is 1. The second-order valence-corrected chi connectivity index (χ2v) is 5.14. The van der Waals surface area contributed by atoms with Crippen molar-refractivity contribution in [3.8, 4) is 0 Å². The Balaban J connectivity index is 2.79. The fourth-order valence-corrected chi connectivity index (χ4v) is 1.94. The van der Waals surface area contributed by atoms with Gasteiger partial charge < -0.3 is 16.4 Å². The van der Waals surface area contributed by atoms with Gasteiger partial charge in [-0.1, -0.05) is 30.1 Å². The Hall–Kier alpha value is -1.46. The van der Waals surface area contributed by atoms with Crippen LogP contribution in [0.3, 0.4) is 0 Å². The molecule has 4 N–H and O–H groups in total. The summed E-state index contributed by atoms with van der Waals surface area (Å²) in [7, 11) is 0. The highest BCUT2D eigenvalue weighted by molar-refractivity contribution is 6.44. The minimum Gasteiger partial charge on any atom is -0.399 e. The molecular weight excluding hydrogens is 301 g/mol. The average molecular weight is 318 g/mol. The standard InChI is InChI=1S/C13H17Cl2N3O2/c1-3-4-17-12(19)7(2)18-13(20)9-5-8(16)6-10(14)11(9)15/h5-7H,3-4,16H2,1-2H3,(H,17,19)(H,18,20). The number of carbonyl (C=O) groups is 2. The molecule has 1 aromatic rings. The van der Waals surface area contributed by atoms with E-state index < -0.39 is 11.9 Å². The maximum Gasteiger partial charge on any atom is 0.253 e. The third-order valence-corrected chi connectivity index (χ3v) is 3.39. The van der Waals surface area contributed by atoms with Gasteiger partial charge in [0.15, 0.2) is 0 Å². The molecule has 0 spiro atoms. The number of nitrogen functional groups attached to an aromatic ring is 1. The maximum absolute atomic E-state index is 12.1. The molecule has 1 unspecified atom stereocenters. The summed E-state index contributed by atoms with van der Waals surface area (Å²) in [4.78, 5) is 23.7. The first-order valence-electron chi connectivity index (χ1n) is 6.19. The molecule has 0 aliphatic heterocycles. The van der Waals surface area contributed by atoms with Crippen LogP contribution in [0, 0.1) is 0 Å². The van der Waals surface area contributed by atoms with Crippen molar-refractivity contribution in [2.75, 3.05) is 12.3 Å². The molecular formula is C13H17Cl2N3O2. The third-order valence-electron chi connectivity index (χ3n) is 2.59. The van der Waals surface area contributed by atoms with Crippen molar-refractivity contribution >= 4 is 40.7 Å². The van der Waals surface area contributed by atoms with Crippen molar-refractivity contribution in [1.82, 2.24) is 10.6 Å². The highest BCUT2D eigenvalue weighted by Crippen LogP contribution is 2.28. The molecule has 0 aromatic heterocycles. The van der Waals surface area contributed by atoms with Crippen LogP contribution in [0.25, 0.3) is 0 Å². The van der Waals surface area contributed by atoms with E-state index in [1.54, 1.807) is 6.92 Å². The number of amides is 2. The first kappa shape index (κ1) is 16.6. The molecule has 2 amide bonds. The highest BCUT2D eigenvalue weighted by atomic mass is 35.5. The second kappa shape index (κ2) is 7.36. The van der Waals surface area contributed by atoms with Crippen molar-refractivity contribution in [3.05, 3.63) is 27.7 Å². The van der Waals surface area contributed by atoms with Crippen LogP contribution in [0.5, 0.6) is 0 Å². The SMILES string of the molecule is CCCNC(=O)C(C)NC(=O)c1cc(N)cc(Cl)c1Cl. The van der Waals surface area contributed by atoms with Crippen LogP contribution in [-0.2, 0) is 4.79 Å². The molecule has 0 aliphatic carbocycles. The quantitative estimate of drug-likeness (QED) is 0.728. The molecule has 5 nitrogen and oxygen atoms in total. The summed E-state index contributed by atoms with van der Waals surface area (Å²) in [5.74, 6) is -0.755. The van der Waals surface area contributed by atoms with Gasteiger partial charge in [0.2, 0.25) is 5.91 Å². The summed E-state index contributed by atoms with van der Waals surface area (Å²) in [6.07, 6.45) is 0.822. The summed E-state index contributed by atoms with van der Waals surface area (Å²) in [6, 6.07) is 2.20. The summed E-state index contributed by atoms with van der Waals surface area (Å²) >= 11 is 11.8. The van der Waals surface area contributed by atoms with Crippen LogP contribution in [0.1, 0.15) is 30.6 Å². The van der Waals surface area contributed by atoms with Crippen LogP contribution < -0.4 is 16.4 Å². The molecule has 20 heavy (non-hydrogen) atoms. The molecule has 0 radical (unpaired) electrons. The van der Waals surface area contributed by atoms with Crippen LogP contribution in [0.2, 0.25) is 10.0 Å². The van der Waals surface area contributed by atoms with Gasteiger partial charge in [-0.25, -0.2) is 0 Å². The minimum atomic E-state index is -0.676. The van der Waals surface area contributed by atoms with E-state index in [2.05, 4.69) is 10.6 Å². The van der Waals surface area contributed by atoms with Crippen LogP contribution in [-0.4, -0.2) is 24.4 Å². The van der Waals surface area contributed by atoms with Gasteiger partial charge in [0.25, 0.3) is 5.91 Å². The van der Waals surface area contributed by atoms with Gasteiger partial charge in [0.05, 0.1) is 15.6 Å². The fourth-order valence-electron chi connectivity index (χ4n) is 1.52. The zero-order chi connectivity index (χ0) is 15.3. The summed E-state index contributed by atoms with van der Waals surface area (Å²) in [5, 5.41) is 5.54. The van der Waals surface area contributed by atoms with E-state index in [1.807, 2.05) is 6.92 Å². The van der Waals surface area contributed by atoms with Crippen molar-refractivity contribution in [2.24, 2.45) is 0 Å². The molecule has 0 bridgehead atoms. The lowest BCUT2D eigenvalue weighted by Gasteiger charge is -2.15. The van der Waals surface area contributed by atoms with E-state index in [1.165, 1.54) is 12.1 Å². The van der Waals surface area contributed by atoms with E-state index in [4.69, 9.17) is 28.9 Å². The molecule has 0 saturated heterocycles. The summed E-state index contributed by atoms with van der Waals surface area (Å²) < 4.78 is 0. The molecule has 1 atom stereocenters. The zero-order valence-electron chi connectivity index (χ0n) is 11.3. The number of rotatable bonds is 5. The zero-order valence-corrected chi connectivity index (χ0v) is 12.8. The van der Waals surface area contributed by atoms with Crippen LogP contribution >= 0.6 is 23.2 Å². The maximum atomic E-state index is 12.1. The summed E-state index contributed by atoms with van der Waals surface area (Å²) in [5.41, 5.74) is 6.09. The van der Waals surface area contributed by atoms with Gasteiger partial charge in [0.1, 0.15) is 6.04 Å². The normalized spacial score (nSPS) is 11.8. The molecule has 1 rings (SSSR count). The van der Waals surface area contributed by atoms with Gasteiger partial charge in [-0.05, 0) is 25.5 Å². The number of nitrogens with one attached hydrogen (secondary N) is 2. The lowest BCUT2D eigenvalue weighted by Crippen LogP contribution is -2.45. The number of hydrogen-bond acceptors (Lipinski definition) is 3. The van der Waals surface area contributed by atoms with Crippen LogP contribution in [0.4, 0.5) is 5.69 Å². The predicted molar refractivity (Wildman–Crippen MR) is 81.1 cm³/mol. The highest BCUT2D eigenvalue weighted by Gasteiger charge is 2.19. The Bertz CT molecular complexity index is 521.